The molecule has 0 unspecified atom stereocenters. The van der Waals surface area contributed by atoms with Crippen LogP contribution >= 0.6 is 0 Å². The zero-order valence-electron chi connectivity index (χ0n) is 21.7. The van der Waals surface area contributed by atoms with Crippen molar-refractivity contribution >= 4 is 23.4 Å². The predicted molar refractivity (Wildman–Crippen MR) is 149 cm³/mol. The molecule has 2 fully saturated rings. The number of pyridine rings is 2. The van der Waals surface area contributed by atoms with Gasteiger partial charge in [-0.25, -0.2) is 14.7 Å². The summed E-state index contributed by atoms with van der Waals surface area (Å²) in [5.74, 6) is -0.321. The third-order valence-corrected chi connectivity index (χ3v) is 7.80. The highest BCUT2D eigenvalue weighted by Crippen LogP contribution is 2.44. The van der Waals surface area contributed by atoms with Crippen molar-refractivity contribution in [3.63, 3.8) is 0 Å². The van der Waals surface area contributed by atoms with E-state index in [0.717, 1.165) is 22.4 Å². The molecule has 2 saturated heterocycles. The molecule has 2 aromatic heterocycles. The molecule has 2 aromatic carbocycles. The first-order valence-corrected chi connectivity index (χ1v) is 13.1. The van der Waals surface area contributed by atoms with Crippen LogP contribution in [-0.2, 0) is 11.3 Å². The molecule has 8 nitrogen and oxygen atoms in total. The van der Waals surface area contributed by atoms with Crippen LogP contribution in [0.15, 0.2) is 91.3 Å². The Morgan fingerprint density at radius 3 is 2.18 bits per heavy atom. The van der Waals surface area contributed by atoms with Gasteiger partial charge in [0.1, 0.15) is 5.54 Å². The summed E-state index contributed by atoms with van der Waals surface area (Å²) in [5.41, 5.74) is 3.52. The molecule has 0 saturated carbocycles. The number of aromatic hydroxyl groups is 1. The molecule has 0 aliphatic carbocycles. The van der Waals surface area contributed by atoms with Crippen molar-refractivity contribution < 1.29 is 14.7 Å². The first-order chi connectivity index (χ1) is 19.0. The number of imide groups is 1. The topological polar surface area (TPSA) is 89.9 Å². The van der Waals surface area contributed by atoms with Gasteiger partial charge < -0.3 is 5.11 Å². The maximum atomic E-state index is 14.2. The van der Waals surface area contributed by atoms with E-state index in [0.29, 0.717) is 38.2 Å². The number of amides is 3. The minimum atomic E-state index is -1.14. The molecule has 2 aliphatic rings. The molecule has 6 rings (SSSR count). The number of hydrogen-bond acceptors (Lipinski definition) is 6. The van der Waals surface area contributed by atoms with E-state index < -0.39 is 11.6 Å². The Morgan fingerprint density at radius 1 is 0.821 bits per heavy atom. The highest BCUT2D eigenvalue weighted by Gasteiger charge is 2.60. The lowest BCUT2D eigenvalue weighted by molar-refractivity contribution is -0.123. The van der Waals surface area contributed by atoms with Crippen LogP contribution in [0.4, 0.5) is 16.3 Å². The molecular formula is C31H29N5O3. The van der Waals surface area contributed by atoms with Gasteiger partial charge >= 0.3 is 6.03 Å². The van der Waals surface area contributed by atoms with Gasteiger partial charge in [0, 0.05) is 32.0 Å². The number of rotatable bonds is 5. The number of carbonyl (C=O) groups excluding carboxylic acids is 2. The van der Waals surface area contributed by atoms with E-state index in [1.54, 1.807) is 24.4 Å². The molecule has 2 aliphatic heterocycles. The van der Waals surface area contributed by atoms with Gasteiger partial charge in [0.2, 0.25) is 0 Å². The van der Waals surface area contributed by atoms with Gasteiger partial charge in [0.25, 0.3) is 5.91 Å². The molecule has 39 heavy (non-hydrogen) atoms. The summed E-state index contributed by atoms with van der Waals surface area (Å²) in [6.45, 7) is 3.91. The summed E-state index contributed by atoms with van der Waals surface area (Å²) < 4.78 is 0. The lowest BCUT2D eigenvalue weighted by atomic mass is 9.85. The average Bonchev–Trinajstić information content (AvgIpc) is 3.17. The minimum Gasteiger partial charge on any atom is -0.504 e. The minimum absolute atomic E-state index is 0.105. The first-order valence-electron chi connectivity index (χ1n) is 13.1. The fourth-order valence-corrected chi connectivity index (χ4v) is 5.60. The molecule has 3 amide bonds. The summed E-state index contributed by atoms with van der Waals surface area (Å²) in [7, 11) is 0. The highest BCUT2D eigenvalue weighted by atomic mass is 16.3. The van der Waals surface area contributed by atoms with Gasteiger partial charge in [-0.05, 0) is 66.8 Å². The SMILES string of the molecule is Cc1cccnc1CN1CCC2(CC1)C(=O)N(c1ccc(-c3ccccc3)cc1)C(=O)N2c1ncccc1O. The average molecular weight is 520 g/mol. The second-order valence-electron chi connectivity index (χ2n) is 10.1. The van der Waals surface area contributed by atoms with E-state index >= 15 is 0 Å². The number of nitrogens with zero attached hydrogens (tertiary/aromatic N) is 5. The number of carbonyl (C=O) groups is 2. The molecule has 1 N–H and O–H groups in total. The lowest BCUT2D eigenvalue weighted by Gasteiger charge is -2.41. The van der Waals surface area contributed by atoms with E-state index in [1.165, 1.54) is 22.1 Å². The Kier molecular flexibility index (Phi) is 6.32. The summed E-state index contributed by atoms with van der Waals surface area (Å²) in [6.07, 6.45) is 4.15. The van der Waals surface area contributed by atoms with Crippen molar-refractivity contribution in [2.24, 2.45) is 0 Å². The van der Waals surface area contributed by atoms with Crippen LogP contribution in [-0.4, -0.2) is 50.5 Å². The largest absolute Gasteiger partial charge is 0.504 e. The predicted octanol–water partition coefficient (Wildman–Crippen LogP) is 5.17. The Labute approximate surface area is 227 Å². The quantitative estimate of drug-likeness (QED) is 0.366. The fourth-order valence-electron chi connectivity index (χ4n) is 5.60. The van der Waals surface area contributed by atoms with Crippen LogP contribution in [0.3, 0.4) is 0 Å². The Hall–Kier alpha value is -4.56. The third kappa shape index (κ3) is 4.32. The summed E-state index contributed by atoms with van der Waals surface area (Å²) >= 11 is 0. The summed E-state index contributed by atoms with van der Waals surface area (Å²) in [4.78, 5) is 41.9. The van der Waals surface area contributed by atoms with Gasteiger partial charge in [-0.3, -0.25) is 19.6 Å². The van der Waals surface area contributed by atoms with Crippen molar-refractivity contribution in [2.75, 3.05) is 22.9 Å². The molecule has 0 atom stereocenters. The van der Waals surface area contributed by atoms with Gasteiger partial charge in [0.15, 0.2) is 11.6 Å². The molecule has 8 heteroatoms. The van der Waals surface area contributed by atoms with Crippen molar-refractivity contribution in [2.45, 2.75) is 31.8 Å². The van der Waals surface area contributed by atoms with Gasteiger partial charge in [-0.2, -0.15) is 0 Å². The molecule has 0 bridgehead atoms. The number of urea groups is 1. The van der Waals surface area contributed by atoms with Gasteiger partial charge in [-0.1, -0.05) is 48.5 Å². The fraction of sp³-hybridized carbons (Fsp3) is 0.226. The molecule has 1 spiro atoms. The lowest BCUT2D eigenvalue weighted by Crippen LogP contribution is -2.57. The van der Waals surface area contributed by atoms with Gasteiger partial charge in [-0.15, -0.1) is 0 Å². The number of likely N-dealkylation sites (tertiary alicyclic amines) is 1. The van der Waals surface area contributed by atoms with Crippen molar-refractivity contribution in [1.82, 2.24) is 14.9 Å². The van der Waals surface area contributed by atoms with Crippen LogP contribution in [0.25, 0.3) is 11.1 Å². The van der Waals surface area contributed by atoms with E-state index in [4.69, 9.17) is 0 Å². The molecule has 4 heterocycles. The van der Waals surface area contributed by atoms with Crippen molar-refractivity contribution in [3.8, 4) is 16.9 Å². The normalized spacial score (nSPS) is 17.3. The number of hydrogen-bond donors (Lipinski definition) is 1. The van der Waals surface area contributed by atoms with Gasteiger partial charge in [0.05, 0.1) is 11.4 Å². The second-order valence-corrected chi connectivity index (χ2v) is 10.1. The number of benzene rings is 2. The van der Waals surface area contributed by atoms with Crippen LogP contribution < -0.4 is 9.80 Å². The standard InChI is InChI=1S/C31H29N5O3/c1-22-7-5-17-32-26(22)21-34-19-15-31(16-20-34)29(38)35(30(39)36(31)28-27(37)10-6-18-33-28)25-13-11-24(12-14-25)23-8-3-2-4-9-23/h2-14,17-18,37H,15-16,19-21H2,1H3. The van der Waals surface area contributed by atoms with Crippen molar-refractivity contribution in [3.05, 3.63) is 103 Å². The molecular weight excluding hydrogens is 490 g/mol. The molecule has 196 valence electrons. The number of aryl methyl sites for hydroxylation is 1. The Morgan fingerprint density at radius 2 is 1.49 bits per heavy atom. The Balaban J connectivity index is 1.32. The zero-order valence-corrected chi connectivity index (χ0v) is 21.7. The monoisotopic (exact) mass is 519 g/mol. The van der Waals surface area contributed by atoms with E-state index in [-0.39, 0.29) is 17.5 Å². The highest BCUT2D eigenvalue weighted by molar-refractivity contribution is 6.30. The van der Waals surface area contributed by atoms with E-state index in [1.807, 2.05) is 61.5 Å². The number of piperidine rings is 1. The van der Waals surface area contributed by atoms with E-state index in [2.05, 4.69) is 14.9 Å². The number of anilines is 2. The summed E-state index contributed by atoms with van der Waals surface area (Å²) in [6, 6.07) is 23.9. The number of aromatic nitrogens is 2. The smallest absolute Gasteiger partial charge is 0.338 e. The maximum Gasteiger partial charge on any atom is 0.338 e. The van der Waals surface area contributed by atoms with Crippen LogP contribution in [0.1, 0.15) is 24.1 Å². The summed E-state index contributed by atoms with van der Waals surface area (Å²) in [5, 5.41) is 10.7. The van der Waals surface area contributed by atoms with Crippen molar-refractivity contribution in [1.29, 1.82) is 0 Å². The third-order valence-electron chi connectivity index (χ3n) is 7.80. The first kappa shape index (κ1) is 24.8. The maximum absolute atomic E-state index is 14.2. The van der Waals surface area contributed by atoms with Crippen LogP contribution in [0, 0.1) is 6.92 Å². The molecule has 0 radical (unpaired) electrons. The van der Waals surface area contributed by atoms with Crippen LogP contribution in [0.2, 0.25) is 0 Å². The molecule has 4 aromatic rings. The Bertz CT molecular complexity index is 1520. The van der Waals surface area contributed by atoms with E-state index in [9.17, 15) is 14.7 Å². The van der Waals surface area contributed by atoms with Crippen LogP contribution in [0.5, 0.6) is 5.75 Å². The zero-order chi connectivity index (χ0) is 27.0. The second kappa shape index (κ2) is 9.96.